The van der Waals surface area contributed by atoms with Gasteiger partial charge in [0.15, 0.2) is 0 Å². The summed E-state index contributed by atoms with van der Waals surface area (Å²) in [6, 6.07) is 1.14. The Morgan fingerprint density at radius 1 is 1.30 bits per heavy atom. The Bertz CT molecular complexity index is 123. The first kappa shape index (κ1) is 6.58. The third-order valence-electron chi connectivity index (χ3n) is 2.32. The van der Waals surface area contributed by atoms with Crippen molar-refractivity contribution in [3.8, 4) is 0 Å². The van der Waals surface area contributed by atoms with E-state index in [0.29, 0.717) is 12.1 Å². The molecule has 2 atom stereocenters. The molecule has 0 aromatic carbocycles. The van der Waals surface area contributed by atoms with E-state index in [1.165, 1.54) is 6.42 Å². The minimum Gasteiger partial charge on any atom is -0.379 e. The van der Waals surface area contributed by atoms with Crippen LogP contribution in [-0.2, 0) is 4.74 Å². The monoisotopic (exact) mass is 142 g/mol. The van der Waals surface area contributed by atoms with Gasteiger partial charge in [0.2, 0.25) is 0 Å². The third-order valence-corrected chi connectivity index (χ3v) is 2.32. The Labute approximate surface area is 61.1 Å². The Hall–Kier alpha value is -0.120. The summed E-state index contributed by atoms with van der Waals surface area (Å²) >= 11 is 0. The first-order valence-corrected chi connectivity index (χ1v) is 3.95. The SMILES string of the molecule is N[C@H]1C[C@@H]1N1CCOCC1. The van der Waals surface area contributed by atoms with Crippen LogP contribution in [0.2, 0.25) is 0 Å². The summed E-state index contributed by atoms with van der Waals surface area (Å²) in [6.07, 6.45) is 1.19. The van der Waals surface area contributed by atoms with Crippen molar-refractivity contribution in [2.75, 3.05) is 26.3 Å². The van der Waals surface area contributed by atoms with Gasteiger partial charge in [-0.2, -0.15) is 0 Å². The number of hydrogen-bond donors (Lipinski definition) is 1. The zero-order valence-corrected chi connectivity index (χ0v) is 6.12. The number of nitrogens with zero attached hydrogens (tertiary/aromatic N) is 1. The largest absolute Gasteiger partial charge is 0.379 e. The predicted molar refractivity (Wildman–Crippen MR) is 38.8 cm³/mol. The van der Waals surface area contributed by atoms with Crippen molar-refractivity contribution in [3.05, 3.63) is 0 Å². The van der Waals surface area contributed by atoms with Crippen LogP contribution in [0.4, 0.5) is 0 Å². The van der Waals surface area contributed by atoms with Crippen molar-refractivity contribution in [2.45, 2.75) is 18.5 Å². The second-order valence-corrected chi connectivity index (χ2v) is 3.12. The van der Waals surface area contributed by atoms with Gasteiger partial charge < -0.3 is 10.5 Å². The van der Waals surface area contributed by atoms with Gasteiger partial charge in [-0.3, -0.25) is 4.90 Å². The molecule has 58 valence electrons. The van der Waals surface area contributed by atoms with Crippen molar-refractivity contribution in [2.24, 2.45) is 5.73 Å². The topological polar surface area (TPSA) is 38.5 Å². The predicted octanol–water partition coefficient (Wildman–Crippen LogP) is -0.582. The summed E-state index contributed by atoms with van der Waals surface area (Å²) in [7, 11) is 0. The summed E-state index contributed by atoms with van der Waals surface area (Å²) in [5.74, 6) is 0. The molecule has 1 aliphatic heterocycles. The van der Waals surface area contributed by atoms with Crippen molar-refractivity contribution in [3.63, 3.8) is 0 Å². The van der Waals surface area contributed by atoms with Gasteiger partial charge in [-0.05, 0) is 6.42 Å². The molecule has 0 aromatic heterocycles. The summed E-state index contributed by atoms with van der Waals surface area (Å²) in [5, 5.41) is 0. The molecule has 2 rings (SSSR count). The highest BCUT2D eigenvalue weighted by atomic mass is 16.5. The van der Waals surface area contributed by atoms with E-state index in [1.807, 2.05) is 0 Å². The van der Waals surface area contributed by atoms with Crippen molar-refractivity contribution < 1.29 is 4.74 Å². The lowest BCUT2D eigenvalue weighted by Gasteiger charge is -2.26. The number of nitrogens with two attached hydrogens (primary N) is 1. The maximum atomic E-state index is 5.71. The summed E-state index contributed by atoms with van der Waals surface area (Å²) in [4.78, 5) is 2.44. The van der Waals surface area contributed by atoms with Gasteiger partial charge in [0.25, 0.3) is 0 Å². The van der Waals surface area contributed by atoms with E-state index in [0.717, 1.165) is 26.3 Å². The Balaban J connectivity index is 1.81. The molecule has 2 aliphatic rings. The normalized spacial score (nSPS) is 41.7. The molecule has 0 unspecified atom stereocenters. The highest BCUT2D eigenvalue weighted by Gasteiger charge is 2.38. The first-order valence-electron chi connectivity index (χ1n) is 3.95. The number of ether oxygens (including phenoxy) is 1. The van der Waals surface area contributed by atoms with Crippen LogP contribution in [0.1, 0.15) is 6.42 Å². The van der Waals surface area contributed by atoms with E-state index in [9.17, 15) is 0 Å². The maximum Gasteiger partial charge on any atom is 0.0594 e. The lowest BCUT2D eigenvalue weighted by Crippen LogP contribution is -2.39. The van der Waals surface area contributed by atoms with Crippen molar-refractivity contribution in [1.82, 2.24) is 4.90 Å². The fraction of sp³-hybridized carbons (Fsp3) is 1.00. The summed E-state index contributed by atoms with van der Waals surface area (Å²) in [5.41, 5.74) is 5.71. The molecule has 0 aromatic rings. The molecule has 0 bridgehead atoms. The second kappa shape index (κ2) is 2.49. The van der Waals surface area contributed by atoms with E-state index in [1.54, 1.807) is 0 Å². The van der Waals surface area contributed by atoms with Gasteiger partial charge in [0.1, 0.15) is 0 Å². The zero-order chi connectivity index (χ0) is 6.97. The number of morpholine rings is 1. The van der Waals surface area contributed by atoms with E-state index in [2.05, 4.69) is 4.90 Å². The molecular formula is C7H14N2O. The van der Waals surface area contributed by atoms with Gasteiger partial charge >= 0.3 is 0 Å². The van der Waals surface area contributed by atoms with Gasteiger partial charge in [0, 0.05) is 25.2 Å². The van der Waals surface area contributed by atoms with Crippen molar-refractivity contribution >= 4 is 0 Å². The average Bonchev–Trinajstić information content (AvgIpc) is 2.69. The molecule has 3 nitrogen and oxygen atoms in total. The molecule has 0 radical (unpaired) electrons. The smallest absolute Gasteiger partial charge is 0.0594 e. The first-order chi connectivity index (χ1) is 4.88. The Morgan fingerprint density at radius 2 is 1.90 bits per heavy atom. The van der Waals surface area contributed by atoms with Crippen LogP contribution in [0.15, 0.2) is 0 Å². The third kappa shape index (κ3) is 1.17. The molecule has 2 fully saturated rings. The Morgan fingerprint density at radius 3 is 2.40 bits per heavy atom. The van der Waals surface area contributed by atoms with Crippen LogP contribution in [0.5, 0.6) is 0 Å². The minimum atomic E-state index is 0.457. The van der Waals surface area contributed by atoms with E-state index >= 15 is 0 Å². The van der Waals surface area contributed by atoms with Crippen LogP contribution in [-0.4, -0.2) is 43.3 Å². The van der Waals surface area contributed by atoms with Crippen LogP contribution in [0.25, 0.3) is 0 Å². The average molecular weight is 142 g/mol. The molecule has 3 heteroatoms. The van der Waals surface area contributed by atoms with E-state index < -0.39 is 0 Å². The van der Waals surface area contributed by atoms with Gasteiger partial charge in [-0.1, -0.05) is 0 Å². The lowest BCUT2D eigenvalue weighted by atomic mass is 10.4. The van der Waals surface area contributed by atoms with E-state index in [4.69, 9.17) is 10.5 Å². The molecule has 10 heavy (non-hydrogen) atoms. The molecule has 1 saturated heterocycles. The zero-order valence-electron chi connectivity index (χ0n) is 6.12. The van der Waals surface area contributed by atoms with Crippen LogP contribution < -0.4 is 5.73 Å². The number of hydrogen-bond acceptors (Lipinski definition) is 3. The fourth-order valence-electron chi connectivity index (χ4n) is 1.53. The second-order valence-electron chi connectivity index (χ2n) is 3.12. The van der Waals surface area contributed by atoms with E-state index in [-0.39, 0.29) is 0 Å². The minimum absolute atomic E-state index is 0.457. The van der Waals surface area contributed by atoms with Gasteiger partial charge in [-0.15, -0.1) is 0 Å². The number of rotatable bonds is 1. The molecule has 2 N–H and O–H groups in total. The molecule has 1 heterocycles. The van der Waals surface area contributed by atoms with Gasteiger partial charge in [-0.25, -0.2) is 0 Å². The molecule has 0 spiro atoms. The lowest BCUT2D eigenvalue weighted by molar-refractivity contribution is 0.0332. The molecule has 1 saturated carbocycles. The molecular weight excluding hydrogens is 128 g/mol. The molecule has 1 aliphatic carbocycles. The highest BCUT2D eigenvalue weighted by molar-refractivity contribution is 4.99. The standard InChI is InChI=1S/C7H14N2O/c8-6-5-7(6)9-1-3-10-4-2-9/h6-7H,1-5,8H2/t6-,7-/m0/s1. The fourth-order valence-corrected chi connectivity index (χ4v) is 1.53. The quantitative estimate of drug-likeness (QED) is 0.532. The maximum absolute atomic E-state index is 5.71. The highest BCUT2D eigenvalue weighted by Crippen LogP contribution is 2.25. The van der Waals surface area contributed by atoms with Crippen molar-refractivity contribution in [1.29, 1.82) is 0 Å². The summed E-state index contributed by atoms with van der Waals surface area (Å²) < 4.78 is 5.23. The summed E-state index contributed by atoms with van der Waals surface area (Å²) in [6.45, 7) is 3.95. The van der Waals surface area contributed by atoms with Crippen LogP contribution in [0, 0.1) is 0 Å². The molecule has 0 amide bonds. The van der Waals surface area contributed by atoms with Gasteiger partial charge in [0.05, 0.1) is 13.2 Å². The van der Waals surface area contributed by atoms with Crippen LogP contribution >= 0.6 is 0 Å². The Kier molecular flexibility index (Phi) is 1.64. The van der Waals surface area contributed by atoms with Crippen LogP contribution in [0.3, 0.4) is 0 Å².